The maximum Gasteiger partial charge on any atom is 0.268 e. The number of carbonyl (C=O) groups excluding carboxylic acids is 2. The third-order valence-corrected chi connectivity index (χ3v) is 7.73. The van der Waals surface area contributed by atoms with Crippen molar-refractivity contribution in [2.24, 2.45) is 0 Å². The molecule has 2 aliphatic rings. The minimum Gasteiger partial charge on any atom is -0.311 e. The van der Waals surface area contributed by atoms with Crippen molar-refractivity contribution in [2.75, 3.05) is 17.2 Å². The van der Waals surface area contributed by atoms with Gasteiger partial charge in [-0.25, -0.2) is 0 Å². The van der Waals surface area contributed by atoms with E-state index in [-0.39, 0.29) is 11.8 Å². The van der Waals surface area contributed by atoms with E-state index in [1.807, 2.05) is 48.5 Å². The Morgan fingerprint density at radius 1 is 1.00 bits per heavy atom. The number of hydrogen-bond donors (Lipinski definition) is 0. The van der Waals surface area contributed by atoms with E-state index in [0.717, 1.165) is 16.8 Å². The Morgan fingerprint density at radius 3 is 2.58 bits per heavy atom. The van der Waals surface area contributed by atoms with E-state index in [0.29, 0.717) is 34.5 Å². The summed E-state index contributed by atoms with van der Waals surface area (Å²) in [5.74, 6) is 0.355. The zero-order chi connectivity index (χ0) is 21.6. The van der Waals surface area contributed by atoms with Gasteiger partial charge < -0.3 is 9.80 Å². The monoisotopic (exact) mass is 468 g/mol. The maximum atomic E-state index is 14.0. The minimum absolute atomic E-state index is 0.119. The Bertz CT molecular complexity index is 1200. The van der Waals surface area contributed by atoms with Gasteiger partial charge in [0, 0.05) is 33.5 Å². The average Bonchev–Trinajstić information content (AvgIpc) is 3.32. The highest BCUT2D eigenvalue weighted by molar-refractivity contribution is 8.01. The molecule has 2 amide bonds. The second kappa shape index (κ2) is 7.90. The van der Waals surface area contributed by atoms with Gasteiger partial charge in [0.25, 0.3) is 11.8 Å². The number of para-hydroxylation sites is 1. The molecule has 1 fully saturated rings. The summed E-state index contributed by atoms with van der Waals surface area (Å²) in [5, 5.41) is 1.10. The van der Waals surface area contributed by atoms with Gasteiger partial charge in [-0.15, -0.1) is 11.8 Å². The van der Waals surface area contributed by atoms with Crippen molar-refractivity contribution in [3.8, 4) is 0 Å². The second-order valence-electron chi connectivity index (χ2n) is 7.46. The van der Waals surface area contributed by atoms with Crippen LogP contribution in [0, 0.1) is 0 Å². The highest BCUT2D eigenvalue weighted by Crippen LogP contribution is 2.54. The molecule has 156 valence electrons. The van der Waals surface area contributed by atoms with Gasteiger partial charge >= 0.3 is 0 Å². The first-order valence-electron chi connectivity index (χ1n) is 9.89. The van der Waals surface area contributed by atoms with Crippen LogP contribution in [0.4, 0.5) is 5.69 Å². The van der Waals surface area contributed by atoms with Crippen LogP contribution in [0.2, 0.25) is 10.0 Å². The summed E-state index contributed by atoms with van der Waals surface area (Å²) in [4.78, 5) is 29.8. The second-order valence-corrected chi connectivity index (χ2v) is 9.59. The molecule has 0 aliphatic carbocycles. The third kappa shape index (κ3) is 3.23. The quantitative estimate of drug-likeness (QED) is 0.503. The first kappa shape index (κ1) is 20.4. The number of thioether (sulfide) groups is 1. The Hall–Kier alpha value is -2.47. The molecule has 2 heterocycles. The molecule has 1 atom stereocenters. The summed E-state index contributed by atoms with van der Waals surface area (Å²) in [5.41, 5.74) is 2.99. The van der Waals surface area contributed by atoms with Gasteiger partial charge in [0.1, 0.15) is 0 Å². The van der Waals surface area contributed by atoms with Crippen molar-refractivity contribution < 1.29 is 9.59 Å². The molecule has 0 radical (unpaired) electrons. The molecule has 5 rings (SSSR count). The number of rotatable bonds is 3. The maximum absolute atomic E-state index is 14.0. The largest absolute Gasteiger partial charge is 0.311 e. The Labute approximate surface area is 194 Å². The molecule has 31 heavy (non-hydrogen) atoms. The minimum atomic E-state index is -1.09. The summed E-state index contributed by atoms with van der Waals surface area (Å²) >= 11 is 14.0. The van der Waals surface area contributed by atoms with Gasteiger partial charge in [-0.2, -0.15) is 0 Å². The molecule has 2 aliphatic heterocycles. The van der Waals surface area contributed by atoms with Gasteiger partial charge in [0.15, 0.2) is 4.87 Å². The molecule has 7 heteroatoms. The summed E-state index contributed by atoms with van der Waals surface area (Å²) in [6.45, 7) is 0.826. The molecule has 4 nitrogen and oxygen atoms in total. The molecule has 0 N–H and O–H groups in total. The SMILES string of the molecule is O=C(c1cccc(Cl)c1)N1CCSC12C(=O)N(Cc1ccccc1Cl)c1ccccc12. The smallest absolute Gasteiger partial charge is 0.268 e. The lowest BCUT2D eigenvalue weighted by Crippen LogP contribution is -2.50. The highest BCUT2D eigenvalue weighted by Gasteiger charge is 2.59. The van der Waals surface area contributed by atoms with Crippen molar-refractivity contribution in [2.45, 2.75) is 11.4 Å². The van der Waals surface area contributed by atoms with E-state index < -0.39 is 4.87 Å². The standard InChI is InChI=1S/C24H18Cl2N2O2S/c25-18-8-5-7-16(14-18)22(29)28-12-13-31-24(28)19-9-2-4-11-21(19)27(23(24)30)15-17-6-1-3-10-20(17)26/h1-11,14H,12-13,15H2. The van der Waals surface area contributed by atoms with Gasteiger partial charge in [-0.3, -0.25) is 9.59 Å². The fraction of sp³-hybridized carbons (Fsp3) is 0.167. The molecule has 3 aromatic rings. The number of benzene rings is 3. The molecule has 1 unspecified atom stereocenters. The number of hydrogen-bond acceptors (Lipinski definition) is 3. The van der Waals surface area contributed by atoms with Crippen LogP contribution in [0.25, 0.3) is 0 Å². The van der Waals surface area contributed by atoms with E-state index in [4.69, 9.17) is 23.2 Å². The molecular formula is C24H18Cl2N2O2S. The molecular weight excluding hydrogens is 451 g/mol. The van der Waals surface area contributed by atoms with Crippen LogP contribution in [0.1, 0.15) is 21.5 Å². The van der Waals surface area contributed by atoms with Crippen LogP contribution in [0.3, 0.4) is 0 Å². The van der Waals surface area contributed by atoms with Crippen molar-refractivity contribution in [1.82, 2.24) is 4.90 Å². The van der Waals surface area contributed by atoms with Crippen LogP contribution in [-0.2, 0) is 16.2 Å². The fourth-order valence-corrected chi connectivity index (χ4v) is 6.15. The van der Waals surface area contributed by atoms with Crippen LogP contribution in [0.5, 0.6) is 0 Å². The van der Waals surface area contributed by atoms with E-state index in [2.05, 4.69) is 0 Å². The molecule has 0 bridgehead atoms. The third-order valence-electron chi connectivity index (χ3n) is 5.70. The summed E-state index contributed by atoms with van der Waals surface area (Å²) < 4.78 is 0. The first-order valence-corrected chi connectivity index (χ1v) is 11.6. The number of fused-ring (bicyclic) bond motifs is 2. The van der Waals surface area contributed by atoms with Crippen molar-refractivity contribution in [3.05, 3.63) is 99.5 Å². The molecule has 3 aromatic carbocycles. The summed E-state index contributed by atoms with van der Waals surface area (Å²) in [7, 11) is 0. The molecule has 1 saturated heterocycles. The highest BCUT2D eigenvalue weighted by atomic mass is 35.5. The topological polar surface area (TPSA) is 40.6 Å². The number of halogens is 2. The van der Waals surface area contributed by atoms with Crippen LogP contribution in [0.15, 0.2) is 72.8 Å². The van der Waals surface area contributed by atoms with E-state index in [9.17, 15) is 9.59 Å². The average molecular weight is 469 g/mol. The van der Waals surface area contributed by atoms with Crippen LogP contribution >= 0.6 is 35.0 Å². The fourth-order valence-electron chi connectivity index (χ4n) is 4.30. The van der Waals surface area contributed by atoms with Crippen molar-refractivity contribution >= 4 is 52.5 Å². The first-order chi connectivity index (χ1) is 15.0. The lowest BCUT2D eigenvalue weighted by Gasteiger charge is -2.33. The van der Waals surface area contributed by atoms with E-state index >= 15 is 0 Å². The van der Waals surface area contributed by atoms with Gasteiger partial charge in [0.05, 0.1) is 12.2 Å². The van der Waals surface area contributed by atoms with Gasteiger partial charge in [-0.1, -0.05) is 65.7 Å². The Kier molecular flexibility index (Phi) is 5.21. The van der Waals surface area contributed by atoms with Gasteiger partial charge in [0.2, 0.25) is 0 Å². The number of amides is 2. The Morgan fingerprint density at radius 2 is 1.77 bits per heavy atom. The van der Waals surface area contributed by atoms with Crippen molar-refractivity contribution in [3.63, 3.8) is 0 Å². The number of nitrogens with zero attached hydrogens (tertiary/aromatic N) is 2. The van der Waals surface area contributed by atoms with Crippen LogP contribution in [-0.4, -0.2) is 29.0 Å². The summed E-state index contributed by atoms with van der Waals surface area (Å²) in [6, 6.07) is 22.1. The number of carbonyl (C=O) groups is 2. The molecule has 1 spiro atoms. The zero-order valence-corrected chi connectivity index (χ0v) is 18.8. The van der Waals surface area contributed by atoms with Crippen LogP contribution < -0.4 is 4.90 Å². The molecule has 0 aromatic heterocycles. The van der Waals surface area contributed by atoms with E-state index in [1.165, 1.54) is 11.8 Å². The molecule has 0 saturated carbocycles. The zero-order valence-electron chi connectivity index (χ0n) is 16.4. The predicted octanol–water partition coefficient (Wildman–Crippen LogP) is 5.58. The van der Waals surface area contributed by atoms with E-state index in [1.54, 1.807) is 34.1 Å². The Balaban J connectivity index is 1.59. The van der Waals surface area contributed by atoms with Gasteiger partial charge in [-0.05, 0) is 35.9 Å². The lowest BCUT2D eigenvalue weighted by atomic mass is 10.0. The normalized spacial score (nSPS) is 19.9. The predicted molar refractivity (Wildman–Crippen MR) is 126 cm³/mol. The lowest BCUT2D eigenvalue weighted by molar-refractivity contribution is -0.123. The van der Waals surface area contributed by atoms with Crippen molar-refractivity contribution in [1.29, 1.82) is 0 Å². The number of anilines is 1. The summed E-state index contributed by atoms with van der Waals surface area (Å²) in [6.07, 6.45) is 0.